The molecule has 1 aliphatic rings. The highest BCUT2D eigenvalue weighted by molar-refractivity contribution is 7.89. The zero-order chi connectivity index (χ0) is 16.3. The Morgan fingerprint density at radius 2 is 2.09 bits per heavy atom. The van der Waals surface area contributed by atoms with Gasteiger partial charge in [-0.15, -0.1) is 0 Å². The largest absolute Gasteiger partial charge is 0.337 e. The molecule has 0 radical (unpaired) electrons. The first-order chi connectivity index (χ1) is 11.0. The summed E-state index contributed by atoms with van der Waals surface area (Å²) in [7, 11) is -1.48. The van der Waals surface area contributed by atoms with E-state index in [-0.39, 0.29) is 6.04 Å². The van der Waals surface area contributed by atoms with Crippen LogP contribution in [-0.2, 0) is 23.6 Å². The van der Waals surface area contributed by atoms with Crippen molar-refractivity contribution < 1.29 is 8.42 Å². The zero-order valence-corrected chi connectivity index (χ0v) is 14.0. The first-order valence-corrected chi connectivity index (χ1v) is 9.29. The Bertz CT molecular complexity index is 742. The van der Waals surface area contributed by atoms with Gasteiger partial charge in [0.05, 0.1) is 11.4 Å². The first-order valence-electron chi connectivity index (χ1n) is 7.80. The smallest absolute Gasteiger partial charge is 0.240 e. The molecule has 1 saturated heterocycles. The number of likely N-dealkylation sites (tertiary alicyclic amines) is 1. The molecule has 0 aliphatic carbocycles. The van der Waals surface area contributed by atoms with Crippen LogP contribution in [0.3, 0.4) is 0 Å². The number of nitrogens with one attached hydrogen (secondary N) is 1. The quantitative estimate of drug-likeness (QED) is 0.897. The monoisotopic (exact) mass is 334 g/mol. The molecule has 1 aromatic carbocycles. The molecule has 124 valence electrons. The number of imidazole rings is 1. The van der Waals surface area contributed by atoms with Crippen molar-refractivity contribution in [3.63, 3.8) is 0 Å². The molecular formula is C16H22N4O2S. The molecule has 7 heteroatoms. The maximum Gasteiger partial charge on any atom is 0.240 e. The second kappa shape index (κ2) is 6.82. The number of sulfonamides is 1. The number of piperidine rings is 1. The second-order valence-corrected chi connectivity index (χ2v) is 7.68. The van der Waals surface area contributed by atoms with E-state index in [2.05, 4.69) is 14.6 Å². The molecule has 1 atom stereocenters. The average Bonchev–Trinajstić information content (AvgIpc) is 2.93. The molecule has 1 aromatic heterocycles. The van der Waals surface area contributed by atoms with Gasteiger partial charge in [-0.2, -0.15) is 0 Å². The van der Waals surface area contributed by atoms with Crippen LogP contribution in [0.1, 0.15) is 18.7 Å². The maximum atomic E-state index is 12.4. The number of benzene rings is 1. The Kier molecular flexibility index (Phi) is 4.79. The molecule has 0 saturated carbocycles. The predicted octanol–water partition coefficient (Wildman–Crippen LogP) is 1.36. The van der Waals surface area contributed by atoms with E-state index in [0.29, 0.717) is 11.4 Å². The highest BCUT2D eigenvalue weighted by Crippen LogP contribution is 2.16. The number of hydrogen-bond donors (Lipinski definition) is 1. The lowest BCUT2D eigenvalue weighted by molar-refractivity contribution is 0.189. The third-order valence-corrected chi connectivity index (χ3v) is 5.70. The van der Waals surface area contributed by atoms with Crippen LogP contribution in [0.15, 0.2) is 47.6 Å². The molecule has 0 amide bonds. The van der Waals surface area contributed by atoms with Crippen molar-refractivity contribution in [2.75, 3.05) is 13.1 Å². The van der Waals surface area contributed by atoms with Crippen LogP contribution in [0.4, 0.5) is 0 Å². The van der Waals surface area contributed by atoms with Crippen molar-refractivity contribution in [2.45, 2.75) is 30.3 Å². The highest BCUT2D eigenvalue weighted by Gasteiger charge is 2.25. The Labute approximate surface area is 137 Å². The summed E-state index contributed by atoms with van der Waals surface area (Å²) in [5.41, 5.74) is 0. The van der Waals surface area contributed by atoms with E-state index in [4.69, 9.17) is 0 Å². The summed E-state index contributed by atoms with van der Waals surface area (Å²) in [5.74, 6) is 0.997. The number of rotatable bonds is 5. The average molecular weight is 334 g/mol. The summed E-state index contributed by atoms with van der Waals surface area (Å²) < 4.78 is 29.7. The van der Waals surface area contributed by atoms with Crippen LogP contribution in [0.25, 0.3) is 0 Å². The molecule has 6 nitrogen and oxygen atoms in total. The molecule has 1 aliphatic heterocycles. The molecule has 1 N–H and O–H groups in total. The minimum absolute atomic E-state index is 0.0609. The van der Waals surface area contributed by atoms with Crippen LogP contribution in [0.5, 0.6) is 0 Å². The Morgan fingerprint density at radius 1 is 1.30 bits per heavy atom. The maximum absolute atomic E-state index is 12.4. The summed E-state index contributed by atoms with van der Waals surface area (Å²) >= 11 is 0. The molecule has 2 aromatic rings. The number of aryl methyl sites for hydroxylation is 1. The standard InChI is InChI=1S/C16H22N4O2S/c1-19-11-9-17-16(19)13-20-10-5-6-14(12-20)18-23(21,22)15-7-3-2-4-8-15/h2-4,7-9,11,14,18H,5-6,10,12-13H2,1H3/t14-/m0/s1. The van der Waals surface area contributed by atoms with E-state index in [1.54, 1.807) is 30.5 Å². The van der Waals surface area contributed by atoms with Gasteiger partial charge < -0.3 is 4.57 Å². The van der Waals surface area contributed by atoms with Gasteiger partial charge in [-0.05, 0) is 31.5 Å². The fourth-order valence-electron chi connectivity index (χ4n) is 2.93. The lowest BCUT2D eigenvalue weighted by Gasteiger charge is -2.32. The number of nitrogens with zero attached hydrogens (tertiary/aromatic N) is 3. The summed E-state index contributed by atoms with van der Waals surface area (Å²) in [6, 6.07) is 8.47. The molecule has 0 unspecified atom stereocenters. The highest BCUT2D eigenvalue weighted by atomic mass is 32.2. The second-order valence-electron chi connectivity index (χ2n) is 5.96. The van der Waals surface area contributed by atoms with Gasteiger partial charge in [-0.25, -0.2) is 18.1 Å². The van der Waals surface area contributed by atoms with Crippen molar-refractivity contribution in [3.05, 3.63) is 48.5 Å². The molecule has 3 rings (SSSR count). The Balaban J connectivity index is 1.64. The number of hydrogen-bond acceptors (Lipinski definition) is 4. The van der Waals surface area contributed by atoms with Gasteiger partial charge in [0.25, 0.3) is 0 Å². The third-order valence-electron chi connectivity index (χ3n) is 4.17. The molecule has 1 fully saturated rings. The van der Waals surface area contributed by atoms with Crippen LogP contribution in [0.2, 0.25) is 0 Å². The summed E-state index contributed by atoms with van der Waals surface area (Å²) in [4.78, 5) is 6.91. The minimum atomic E-state index is -3.45. The molecule has 2 heterocycles. The minimum Gasteiger partial charge on any atom is -0.337 e. The van der Waals surface area contributed by atoms with Gasteiger partial charge in [0.15, 0.2) is 0 Å². The molecule has 0 bridgehead atoms. The van der Waals surface area contributed by atoms with Crippen molar-refractivity contribution in [3.8, 4) is 0 Å². The van der Waals surface area contributed by atoms with Crippen LogP contribution < -0.4 is 4.72 Å². The predicted molar refractivity (Wildman–Crippen MR) is 88.3 cm³/mol. The lowest BCUT2D eigenvalue weighted by atomic mass is 10.1. The van der Waals surface area contributed by atoms with Gasteiger partial charge in [-0.1, -0.05) is 18.2 Å². The molecule has 23 heavy (non-hydrogen) atoms. The van der Waals surface area contributed by atoms with Crippen molar-refractivity contribution in [2.24, 2.45) is 7.05 Å². The van der Waals surface area contributed by atoms with E-state index in [1.165, 1.54) is 0 Å². The summed E-state index contributed by atoms with van der Waals surface area (Å²) in [6.45, 7) is 2.42. The normalized spacial score (nSPS) is 19.8. The Hall–Kier alpha value is -1.70. The SMILES string of the molecule is Cn1ccnc1CN1CCC[C@H](NS(=O)(=O)c2ccccc2)C1. The van der Waals surface area contributed by atoms with Crippen LogP contribution in [-0.4, -0.2) is 42.0 Å². The van der Waals surface area contributed by atoms with Crippen molar-refractivity contribution in [1.82, 2.24) is 19.2 Å². The van der Waals surface area contributed by atoms with E-state index < -0.39 is 10.0 Å². The van der Waals surface area contributed by atoms with E-state index in [1.807, 2.05) is 23.9 Å². The van der Waals surface area contributed by atoms with E-state index in [0.717, 1.165) is 31.8 Å². The fourth-order valence-corrected chi connectivity index (χ4v) is 4.21. The van der Waals surface area contributed by atoms with Gasteiger partial charge >= 0.3 is 0 Å². The van der Waals surface area contributed by atoms with Gasteiger partial charge in [0, 0.05) is 32.0 Å². The topological polar surface area (TPSA) is 67.2 Å². The van der Waals surface area contributed by atoms with Gasteiger partial charge in [-0.3, -0.25) is 4.90 Å². The van der Waals surface area contributed by atoms with E-state index >= 15 is 0 Å². The molecule has 0 spiro atoms. The third kappa shape index (κ3) is 3.99. The van der Waals surface area contributed by atoms with Crippen LogP contribution >= 0.6 is 0 Å². The zero-order valence-electron chi connectivity index (χ0n) is 13.2. The lowest BCUT2D eigenvalue weighted by Crippen LogP contribution is -2.47. The van der Waals surface area contributed by atoms with Crippen LogP contribution in [0, 0.1) is 0 Å². The van der Waals surface area contributed by atoms with Crippen molar-refractivity contribution in [1.29, 1.82) is 0 Å². The number of aromatic nitrogens is 2. The van der Waals surface area contributed by atoms with E-state index in [9.17, 15) is 8.42 Å². The summed E-state index contributed by atoms with van der Waals surface area (Å²) in [6.07, 6.45) is 5.55. The first kappa shape index (κ1) is 16.2. The van der Waals surface area contributed by atoms with Crippen molar-refractivity contribution >= 4 is 10.0 Å². The summed E-state index contributed by atoms with van der Waals surface area (Å²) in [5, 5.41) is 0. The fraction of sp³-hybridized carbons (Fsp3) is 0.438. The van der Waals surface area contributed by atoms with Gasteiger partial charge in [0.2, 0.25) is 10.0 Å². The molecular weight excluding hydrogens is 312 g/mol. The van der Waals surface area contributed by atoms with Gasteiger partial charge in [0.1, 0.15) is 5.82 Å². The Morgan fingerprint density at radius 3 is 2.78 bits per heavy atom.